The molecule has 0 saturated carbocycles. The number of H-pyrrole nitrogens is 1. The van der Waals surface area contributed by atoms with Crippen molar-refractivity contribution in [1.29, 1.82) is 5.26 Å². The number of aryl methyl sites for hydroxylation is 1. The smallest absolute Gasteiger partial charge is 0.264 e. The van der Waals surface area contributed by atoms with Crippen molar-refractivity contribution >= 4 is 22.9 Å². The number of fused-ring (bicyclic) bond motifs is 1. The van der Waals surface area contributed by atoms with E-state index in [1.807, 2.05) is 36.9 Å². The molecule has 0 radical (unpaired) electrons. The highest BCUT2D eigenvalue weighted by molar-refractivity contribution is 6.02. The van der Waals surface area contributed by atoms with Gasteiger partial charge in [0.15, 0.2) is 0 Å². The molecule has 3 heterocycles. The third kappa shape index (κ3) is 4.85. The van der Waals surface area contributed by atoms with Gasteiger partial charge in [0.1, 0.15) is 17.4 Å². The van der Waals surface area contributed by atoms with Crippen molar-refractivity contribution in [3.63, 3.8) is 0 Å². The van der Waals surface area contributed by atoms with Crippen LogP contribution in [-0.2, 0) is 9.53 Å². The monoisotopic (exact) mass is 474 g/mol. The summed E-state index contributed by atoms with van der Waals surface area (Å²) >= 11 is 0. The first-order valence-corrected chi connectivity index (χ1v) is 12.1. The van der Waals surface area contributed by atoms with E-state index in [1.165, 1.54) is 10.9 Å². The van der Waals surface area contributed by atoms with Crippen molar-refractivity contribution in [2.24, 2.45) is 0 Å². The number of methoxy groups -OCH3 is 2. The van der Waals surface area contributed by atoms with E-state index in [2.05, 4.69) is 34.8 Å². The van der Waals surface area contributed by atoms with Gasteiger partial charge >= 0.3 is 0 Å². The van der Waals surface area contributed by atoms with Crippen LogP contribution >= 0.6 is 0 Å². The van der Waals surface area contributed by atoms with Crippen molar-refractivity contribution in [3.05, 3.63) is 58.6 Å². The quantitative estimate of drug-likeness (QED) is 0.381. The van der Waals surface area contributed by atoms with Gasteiger partial charge in [0.2, 0.25) is 0 Å². The molecule has 1 aromatic carbocycles. The molecule has 1 amide bonds. The number of carbonyl (C=O) groups is 1. The van der Waals surface area contributed by atoms with Gasteiger partial charge in [-0.15, -0.1) is 0 Å². The maximum atomic E-state index is 13.2. The van der Waals surface area contributed by atoms with Crippen LogP contribution in [0.2, 0.25) is 0 Å². The Hall–Kier alpha value is -3.50. The Morgan fingerprint density at radius 1 is 1.26 bits per heavy atom. The Bertz CT molecular complexity index is 1290. The molecule has 0 spiro atoms. The summed E-state index contributed by atoms with van der Waals surface area (Å²) < 4.78 is 12.9. The molecule has 35 heavy (non-hydrogen) atoms. The van der Waals surface area contributed by atoms with Gasteiger partial charge in [-0.2, -0.15) is 5.26 Å². The number of hydrogen-bond donors (Lipinski definition) is 1. The summed E-state index contributed by atoms with van der Waals surface area (Å²) in [7, 11) is 3.37. The number of amides is 1. The van der Waals surface area contributed by atoms with Gasteiger partial charge in [-0.1, -0.05) is 0 Å². The van der Waals surface area contributed by atoms with Crippen LogP contribution in [0.5, 0.6) is 5.75 Å². The molecule has 1 fully saturated rings. The Kier molecular flexibility index (Phi) is 7.32. The van der Waals surface area contributed by atoms with Gasteiger partial charge in [-0.3, -0.25) is 4.79 Å². The minimum absolute atomic E-state index is 0.173. The van der Waals surface area contributed by atoms with Crippen LogP contribution in [0.4, 0.5) is 0 Å². The van der Waals surface area contributed by atoms with E-state index < -0.39 is 0 Å². The fourth-order valence-electron chi connectivity index (χ4n) is 5.39. The first-order valence-electron chi connectivity index (χ1n) is 12.1. The maximum Gasteiger partial charge on any atom is 0.264 e. The van der Waals surface area contributed by atoms with Crippen molar-refractivity contribution in [2.75, 3.05) is 33.9 Å². The van der Waals surface area contributed by atoms with Gasteiger partial charge in [0, 0.05) is 48.7 Å². The zero-order chi connectivity index (χ0) is 25.1. The van der Waals surface area contributed by atoms with Crippen LogP contribution in [0.3, 0.4) is 0 Å². The number of nitriles is 1. The molecule has 3 aromatic rings. The molecule has 1 atom stereocenters. The lowest BCUT2D eigenvalue weighted by Gasteiger charge is -2.32. The van der Waals surface area contributed by atoms with Gasteiger partial charge < -0.3 is 23.9 Å². The average Bonchev–Trinajstić information content (AvgIpc) is 3.41. The second kappa shape index (κ2) is 10.4. The lowest BCUT2D eigenvalue weighted by atomic mass is 9.89. The standard InChI is InChI=1S/C28H34N4O3/c1-18-12-22(20(3)32(18)19(2)17-34-4)13-23(15-29)28(33)31-10-8-21(9-11-31)26-16-30-27-7-6-24(35-5)14-25(26)27/h6-7,12-14,16,19,21,30H,8-11,17H2,1-5H3/b23-13+. The normalized spacial score (nSPS) is 15.9. The SMILES string of the molecule is COCC(C)n1c(C)cc(/C=C(\C#N)C(=O)N2CCC(c3c[nH]c4ccc(OC)cc34)CC2)c1C. The zero-order valence-corrected chi connectivity index (χ0v) is 21.2. The maximum absolute atomic E-state index is 13.2. The second-order valence-corrected chi connectivity index (χ2v) is 9.39. The van der Waals surface area contributed by atoms with E-state index in [-0.39, 0.29) is 17.5 Å². The van der Waals surface area contributed by atoms with Crippen LogP contribution in [0.1, 0.15) is 54.2 Å². The summed E-state index contributed by atoms with van der Waals surface area (Å²) in [6.45, 7) is 8.01. The number of aromatic nitrogens is 2. The number of carbonyl (C=O) groups excluding carboxylic acids is 1. The molecular formula is C28H34N4O3. The van der Waals surface area contributed by atoms with Crippen LogP contribution in [0, 0.1) is 25.2 Å². The lowest BCUT2D eigenvalue weighted by Crippen LogP contribution is -2.38. The van der Waals surface area contributed by atoms with E-state index in [1.54, 1.807) is 20.3 Å². The molecular weight excluding hydrogens is 440 g/mol. The van der Waals surface area contributed by atoms with Crippen molar-refractivity contribution in [1.82, 2.24) is 14.5 Å². The molecule has 4 rings (SSSR count). The van der Waals surface area contributed by atoms with E-state index in [0.717, 1.165) is 41.1 Å². The Labute approximate surface area is 206 Å². The zero-order valence-electron chi connectivity index (χ0n) is 21.2. The van der Waals surface area contributed by atoms with Gasteiger partial charge in [0.25, 0.3) is 5.91 Å². The third-order valence-corrected chi connectivity index (χ3v) is 7.17. The minimum atomic E-state index is -0.193. The second-order valence-electron chi connectivity index (χ2n) is 9.39. The number of rotatable bonds is 7. The predicted octanol–water partition coefficient (Wildman–Crippen LogP) is 5.12. The van der Waals surface area contributed by atoms with E-state index in [4.69, 9.17) is 9.47 Å². The van der Waals surface area contributed by atoms with E-state index >= 15 is 0 Å². The van der Waals surface area contributed by atoms with Gasteiger partial charge in [-0.05, 0) is 81.0 Å². The molecule has 1 N–H and O–H groups in total. The van der Waals surface area contributed by atoms with E-state index in [0.29, 0.717) is 25.6 Å². The molecule has 7 nitrogen and oxygen atoms in total. The fourth-order valence-corrected chi connectivity index (χ4v) is 5.39. The summed E-state index contributed by atoms with van der Waals surface area (Å²) in [6, 6.07) is 10.4. The predicted molar refractivity (Wildman–Crippen MR) is 137 cm³/mol. The molecule has 0 aliphatic carbocycles. The molecule has 7 heteroatoms. The molecule has 1 unspecified atom stereocenters. The first kappa shape index (κ1) is 24.6. The number of nitrogens with zero attached hydrogens (tertiary/aromatic N) is 3. The molecule has 1 aliphatic heterocycles. The summed E-state index contributed by atoms with van der Waals surface area (Å²) in [6.07, 6.45) is 5.53. The largest absolute Gasteiger partial charge is 0.497 e. The van der Waals surface area contributed by atoms with Gasteiger partial charge in [0.05, 0.1) is 19.8 Å². The number of likely N-dealkylation sites (tertiary alicyclic amines) is 1. The summed E-state index contributed by atoms with van der Waals surface area (Å²) in [5.41, 5.74) is 5.55. The van der Waals surface area contributed by atoms with Crippen molar-refractivity contribution in [3.8, 4) is 11.8 Å². The Morgan fingerprint density at radius 2 is 2.00 bits per heavy atom. The molecule has 1 aliphatic rings. The summed E-state index contributed by atoms with van der Waals surface area (Å²) in [4.78, 5) is 18.4. The molecule has 0 bridgehead atoms. The molecule has 1 saturated heterocycles. The van der Waals surface area contributed by atoms with Crippen LogP contribution < -0.4 is 4.74 Å². The average molecular weight is 475 g/mol. The van der Waals surface area contributed by atoms with E-state index in [9.17, 15) is 10.1 Å². The number of nitrogens with one attached hydrogen (secondary N) is 1. The van der Waals surface area contributed by atoms with Crippen molar-refractivity contribution < 1.29 is 14.3 Å². The topological polar surface area (TPSA) is 83.3 Å². The van der Waals surface area contributed by atoms with Crippen LogP contribution in [0.15, 0.2) is 36.0 Å². The van der Waals surface area contributed by atoms with Crippen LogP contribution in [0.25, 0.3) is 17.0 Å². The molecule has 2 aromatic heterocycles. The minimum Gasteiger partial charge on any atom is -0.497 e. The third-order valence-electron chi connectivity index (χ3n) is 7.17. The number of benzene rings is 1. The first-order chi connectivity index (χ1) is 16.9. The Balaban J connectivity index is 1.49. The number of ether oxygens (including phenoxy) is 2. The number of hydrogen-bond acceptors (Lipinski definition) is 4. The highest BCUT2D eigenvalue weighted by Crippen LogP contribution is 2.35. The van der Waals surface area contributed by atoms with Crippen molar-refractivity contribution in [2.45, 2.75) is 45.6 Å². The molecule has 184 valence electrons. The van der Waals surface area contributed by atoms with Gasteiger partial charge in [-0.25, -0.2) is 0 Å². The van der Waals surface area contributed by atoms with Crippen LogP contribution in [-0.4, -0.2) is 54.3 Å². The highest BCUT2D eigenvalue weighted by atomic mass is 16.5. The lowest BCUT2D eigenvalue weighted by molar-refractivity contribution is -0.127. The summed E-state index contributed by atoms with van der Waals surface area (Å²) in [5.74, 6) is 1.00. The Morgan fingerprint density at radius 3 is 2.66 bits per heavy atom. The highest BCUT2D eigenvalue weighted by Gasteiger charge is 2.27. The summed E-state index contributed by atoms with van der Waals surface area (Å²) in [5, 5.41) is 11.0. The number of aromatic amines is 1. The fraction of sp³-hybridized carbons (Fsp3) is 0.429. The number of piperidine rings is 1.